The third kappa shape index (κ3) is 6.81. The zero-order valence-electron chi connectivity index (χ0n) is 20.4. The van der Waals surface area contributed by atoms with E-state index in [9.17, 15) is 26.0 Å². The van der Waals surface area contributed by atoms with E-state index in [0.29, 0.717) is 15.8 Å². The van der Waals surface area contributed by atoms with Crippen molar-refractivity contribution >= 4 is 47.3 Å². The van der Waals surface area contributed by atoms with E-state index in [2.05, 4.69) is 22.3 Å². The fraction of sp³-hybridized carbons (Fsp3) is 0.292. The first-order valence-electron chi connectivity index (χ1n) is 11.6. The first-order valence-corrected chi connectivity index (χ1v) is 15.9. The Labute approximate surface area is 223 Å². The molecular weight excluding hydrogens is 553 g/mol. The normalized spacial score (nSPS) is 13.0. The van der Waals surface area contributed by atoms with Gasteiger partial charge in [-0.25, -0.2) is 31.3 Å². The number of nitrogens with one attached hydrogen (secondary N) is 1. The van der Waals surface area contributed by atoms with Crippen molar-refractivity contribution in [3.05, 3.63) is 71.2 Å². The highest BCUT2D eigenvalue weighted by molar-refractivity contribution is 7.91. The molecule has 0 saturated heterocycles. The highest BCUT2D eigenvalue weighted by Gasteiger charge is 2.37. The molecule has 0 spiro atoms. The van der Waals surface area contributed by atoms with Crippen LogP contribution in [-0.2, 0) is 37.0 Å². The maximum atomic E-state index is 13.5. The molecule has 10 nitrogen and oxygen atoms in total. The summed E-state index contributed by atoms with van der Waals surface area (Å²) >= 11 is 1.06. The molecule has 2 aromatic heterocycles. The standard InChI is InChI=1S/C24H26FN5O5S3/c1-2-10-30-14-18(13-28-30)17-5-8-20-21(12-17)36-24(29-20)22(23(31)27-9-11-38(26,34)35)37(32,33)15-16-3-6-19(25)7-4-16/h3-8,12-14,22H,2,9-11,15H2,1H3,(H,27,31)(H2,26,34,35). The van der Waals surface area contributed by atoms with Gasteiger partial charge >= 0.3 is 0 Å². The van der Waals surface area contributed by atoms with Gasteiger partial charge in [-0.15, -0.1) is 11.3 Å². The Morgan fingerprint density at radius 2 is 1.87 bits per heavy atom. The van der Waals surface area contributed by atoms with E-state index in [1.165, 1.54) is 12.1 Å². The molecule has 38 heavy (non-hydrogen) atoms. The Bertz CT molecular complexity index is 1660. The summed E-state index contributed by atoms with van der Waals surface area (Å²) in [6.45, 7) is 2.47. The number of aromatic nitrogens is 3. The van der Waals surface area contributed by atoms with Crippen molar-refractivity contribution in [2.75, 3.05) is 12.3 Å². The Balaban J connectivity index is 1.69. The van der Waals surface area contributed by atoms with Crippen molar-refractivity contribution in [1.29, 1.82) is 0 Å². The van der Waals surface area contributed by atoms with Crippen molar-refractivity contribution < 1.29 is 26.0 Å². The number of sulfonamides is 1. The molecule has 2 heterocycles. The predicted octanol–water partition coefficient (Wildman–Crippen LogP) is 2.77. The molecule has 2 aromatic carbocycles. The van der Waals surface area contributed by atoms with Crippen LogP contribution >= 0.6 is 11.3 Å². The summed E-state index contributed by atoms with van der Waals surface area (Å²) in [4.78, 5) is 17.6. The average molecular weight is 580 g/mol. The van der Waals surface area contributed by atoms with Crippen molar-refractivity contribution in [2.24, 2.45) is 5.14 Å². The minimum absolute atomic E-state index is 0.0362. The summed E-state index contributed by atoms with van der Waals surface area (Å²) in [7, 11) is -8.07. The lowest BCUT2D eigenvalue weighted by atomic mass is 10.1. The largest absolute Gasteiger partial charge is 0.354 e. The molecule has 0 saturated carbocycles. The van der Waals surface area contributed by atoms with Gasteiger partial charge in [0.05, 0.1) is 27.9 Å². The second kappa shape index (κ2) is 11.3. The third-order valence-corrected chi connectivity index (χ3v) is 9.51. The lowest BCUT2D eigenvalue weighted by Crippen LogP contribution is -2.37. The number of fused-ring (bicyclic) bond motifs is 1. The third-order valence-electron chi connectivity index (χ3n) is 5.61. The molecule has 4 rings (SSSR count). The molecule has 0 aliphatic carbocycles. The van der Waals surface area contributed by atoms with Crippen molar-refractivity contribution in [3.8, 4) is 11.1 Å². The Kier molecular flexibility index (Phi) is 8.25. The molecule has 0 aliphatic rings. The molecule has 202 valence electrons. The quantitative estimate of drug-likeness (QED) is 0.277. The fourth-order valence-corrected chi connectivity index (χ4v) is 7.38. The monoisotopic (exact) mass is 579 g/mol. The Hall–Kier alpha value is -3.20. The van der Waals surface area contributed by atoms with E-state index < -0.39 is 48.3 Å². The number of nitrogens with zero attached hydrogens (tertiary/aromatic N) is 3. The number of rotatable bonds is 11. The maximum Gasteiger partial charge on any atom is 0.245 e. The molecule has 0 aliphatic heterocycles. The summed E-state index contributed by atoms with van der Waals surface area (Å²) < 4.78 is 65.4. The summed E-state index contributed by atoms with van der Waals surface area (Å²) in [6, 6.07) is 10.4. The number of halogens is 1. The van der Waals surface area contributed by atoms with Gasteiger partial charge in [0, 0.05) is 24.8 Å². The molecule has 4 aromatic rings. The number of aryl methyl sites for hydroxylation is 1. The van der Waals surface area contributed by atoms with Gasteiger partial charge in [0.15, 0.2) is 15.1 Å². The van der Waals surface area contributed by atoms with E-state index in [4.69, 9.17) is 5.14 Å². The number of thiazole rings is 1. The number of primary sulfonamides is 1. The Morgan fingerprint density at radius 3 is 2.55 bits per heavy atom. The van der Waals surface area contributed by atoms with E-state index in [1.807, 2.05) is 23.0 Å². The van der Waals surface area contributed by atoms with E-state index in [-0.39, 0.29) is 11.6 Å². The first kappa shape index (κ1) is 27.8. The molecule has 1 amide bonds. The zero-order valence-corrected chi connectivity index (χ0v) is 22.8. The number of carbonyl (C=O) groups is 1. The highest BCUT2D eigenvalue weighted by atomic mass is 32.2. The lowest BCUT2D eigenvalue weighted by Gasteiger charge is -2.15. The van der Waals surface area contributed by atoms with Crippen LogP contribution in [0.4, 0.5) is 4.39 Å². The second-order valence-corrected chi connectivity index (χ2v) is 13.6. The number of benzene rings is 2. The van der Waals surface area contributed by atoms with Gasteiger partial charge in [-0.1, -0.05) is 25.1 Å². The topological polar surface area (TPSA) is 154 Å². The highest BCUT2D eigenvalue weighted by Crippen LogP contribution is 2.35. The molecule has 0 fully saturated rings. The number of hydrogen-bond donors (Lipinski definition) is 2. The van der Waals surface area contributed by atoms with Gasteiger partial charge in [-0.3, -0.25) is 9.48 Å². The number of amides is 1. The molecule has 1 atom stereocenters. The van der Waals surface area contributed by atoms with Gasteiger partial charge < -0.3 is 5.32 Å². The predicted molar refractivity (Wildman–Crippen MR) is 144 cm³/mol. The van der Waals surface area contributed by atoms with Crippen molar-refractivity contribution in [1.82, 2.24) is 20.1 Å². The van der Waals surface area contributed by atoms with Crippen LogP contribution in [0.2, 0.25) is 0 Å². The van der Waals surface area contributed by atoms with E-state index >= 15 is 0 Å². The van der Waals surface area contributed by atoms with Crippen LogP contribution in [0, 0.1) is 5.82 Å². The smallest absolute Gasteiger partial charge is 0.245 e. The number of hydrogen-bond acceptors (Lipinski definition) is 8. The van der Waals surface area contributed by atoms with Crippen LogP contribution in [0.5, 0.6) is 0 Å². The Morgan fingerprint density at radius 1 is 1.13 bits per heavy atom. The summed E-state index contributed by atoms with van der Waals surface area (Å²) in [5, 5.41) is 10.0. The van der Waals surface area contributed by atoms with Crippen molar-refractivity contribution in [3.63, 3.8) is 0 Å². The maximum absolute atomic E-state index is 13.5. The van der Waals surface area contributed by atoms with Gasteiger partial charge in [-0.05, 0) is 41.8 Å². The average Bonchev–Trinajstić information content (AvgIpc) is 3.46. The molecular formula is C24H26FN5O5S3. The molecule has 3 N–H and O–H groups in total. The number of sulfone groups is 1. The van der Waals surface area contributed by atoms with Crippen LogP contribution < -0.4 is 10.5 Å². The lowest BCUT2D eigenvalue weighted by molar-refractivity contribution is -0.120. The molecule has 1 unspecified atom stereocenters. The minimum Gasteiger partial charge on any atom is -0.354 e. The van der Waals surface area contributed by atoms with Crippen LogP contribution in [-0.4, -0.2) is 49.8 Å². The van der Waals surface area contributed by atoms with Crippen LogP contribution in [0.25, 0.3) is 21.3 Å². The molecule has 0 bridgehead atoms. The minimum atomic E-state index is -4.20. The first-order chi connectivity index (χ1) is 17.9. The summed E-state index contributed by atoms with van der Waals surface area (Å²) in [5.41, 5.74) is 2.55. The van der Waals surface area contributed by atoms with Gasteiger partial charge in [0.25, 0.3) is 0 Å². The second-order valence-electron chi connectivity index (χ2n) is 8.70. The van der Waals surface area contributed by atoms with Crippen molar-refractivity contribution in [2.45, 2.75) is 30.9 Å². The fourth-order valence-electron chi connectivity index (χ4n) is 3.83. The molecule has 14 heteroatoms. The van der Waals surface area contributed by atoms with Crippen LogP contribution in [0.15, 0.2) is 54.9 Å². The van der Waals surface area contributed by atoms with E-state index in [1.54, 1.807) is 12.3 Å². The van der Waals surface area contributed by atoms with Gasteiger partial charge in [0.2, 0.25) is 15.9 Å². The summed E-state index contributed by atoms with van der Waals surface area (Å²) in [5.74, 6) is -2.54. The SMILES string of the molecule is CCCn1cc(-c2ccc3nc(C(C(=O)NCCS(N)(=O)=O)S(=O)(=O)Cc4ccc(F)cc4)sc3c2)cn1. The number of carbonyl (C=O) groups excluding carboxylic acids is 1. The van der Waals surface area contributed by atoms with Crippen LogP contribution in [0.1, 0.15) is 29.2 Å². The van der Waals surface area contributed by atoms with Crippen LogP contribution in [0.3, 0.4) is 0 Å². The zero-order chi connectivity index (χ0) is 27.5. The summed E-state index contributed by atoms with van der Waals surface area (Å²) in [6.07, 6.45) is 4.60. The molecule has 0 radical (unpaired) electrons. The van der Waals surface area contributed by atoms with E-state index in [0.717, 1.165) is 47.6 Å². The number of nitrogens with two attached hydrogens (primary N) is 1. The van der Waals surface area contributed by atoms with Gasteiger partial charge in [-0.2, -0.15) is 5.10 Å². The van der Waals surface area contributed by atoms with Gasteiger partial charge in [0.1, 0.15) is 10.8 Å².